The zero-order valence-electron chi connectivity index (χ0n) is 9.43. The van der Waals surface area contributed by atoms with Gasteiger partial charge in [0.25, 0.3) is 0 Å². The second kappa shape index (κ2) is 4.94. The van der Waals surface area contributed by atoms with E-state index in [1.807, 2.05) is 12.1 Å². The van der Waals surface area contributed by atoms with E-state index < -0.39 is 0 Å². The second-order valence-electron chi connectivity index (χ2n) is 4.03. The molecule has 1 unspecified atom stereocenters. The van der Waals surface area contributed by atoms with E-state index in [-0.39, 0.29) is 17.8 Å². The number of nitriles is 1. The monoisotopic (exact) mass is 227 g/mol. The van der Waals surface area contributed by atoms with E-state index in [1.165, 1.54) is 6.08 Å². The fourth-order valence-electron chi connectivity index (χ4n) is 2.11. The van der Waals surface area contributed by atoms with Gasteiger partial charge in [-0.3, -0.25) is 4.79 Å². The number of ether oxygens (including phenoxy) is 1. The Kier molecular flexibility index (Phi) is 3.36. The van der Waals surface area contributed by atoms with Gasteiger partial charge in [-0.2, -0.15) is 5.26 Å². The molecule has 0 radical (unpaired) electrons. The minimum atomic E-state index is -0.201. The van der Waals surface area contributed by atoms with E-state index in [4.69, 9.17) is 10.00 Å². The summed E-state index contributed by atoms with van der Waals surface area (Å²) in [6, 6.07) is 9.24. The number of carbonyl (C=O) groups excluding carboxylic acids is 1. The summed E-state index contributed by atoms with van der Waals surface area (Å²) in [5.41, 5.74) is 1.56. The van der Waals surface area contributed by atoms with E-state index >= 15 is 0 Å². The topological polar surface area (TPSA) is 50.1 Å². The molecule has 0 N–H and O–H groups in total. The Balaban J connectivity index is 2.23. The maximum atomic E-state index is 11.7. The molecular weight excluding hydrogens is 214 g/mol. The molecule has 1 aromatic carbocycles. The number of allylic oxidation sites excluding steroid dienone is 1. The lowest BCUT2D eigenvalue weighted by Gasteiger charge is -2.16. The molecule has 1 aliphatic rings. The van der Waals surface area contributed by atoms with Crippen LogP contribution in [0, 0.1) is 17.2 Å². The molecule has 0 saturated carbocycles. The van der Waals surface area contributed by atoms with Gasteiger partial charge in [-0.05, 0) is 30.2 Å². The molecule has 0 aliphatic carbocycles. The molecule has 3 nitrogen and oxygen atoms in total. The molecular formula is C14H13NO2. The highest BCUT2D eigenvalue weighted by molar-refractivity contribution is 5.91. The smallest absolute Gasteiger partial charge is 0.161 e. The third-order valence-corrected chi connectivity index (χ3v) is 3.03. The van der Waals surface area contributed by atoms with Gasteiger partial charge >= 0.3 is 0 Å². The first kappa shape index (κ1) is 11.6. The third kappa shape index (κ3) is 2.27. The first-order valence-electron chi connectivity index (χ1n) is 5.54. The molecule has 2 rings (SSSR count). The maximum Gasteiger partial charge on any atom is 0.161 e. The van der Waals surface area contributed by atoms with Crippen LogP contribution in [-0.2, 0) is 9.53 Å². The van der Waals surface area contributed by atoms with Crippen LogP contribution in [0.1, 0.15) is 23.7 Å². The summed E-state index contributed by atoms with van der Waals surface area (Å²) in [7, 11) is 0. The predicted molar refractivity (Wildman–Crippen MR) is 63.2 cm³/mol. The highest BCUT2D eigenvalue weighted by atomic mass is 16.5. The van der Waals surface area contributed by atoms with Crippen LogP contribution in [0.3, 0.4) is 0 Å². The van der Waals surface area contributed by atoms with Crippen molar-refractivity contribution in [3.8, 4) is 6.07 Å². The Morgan fingerprint density at radius 1 is 1.47 bits per heavy atom. The van der Waals surface area contributed by atoms with Gasteiger partial charge in [-0.15, -0.1) is 0 Å². The van der Waals surface area contributed by atoms with E-state index in [0.717, 1.165) is 12.0 Å². The molecule has 1 saturated heterocycles. The standard InChI is InChI=1S/C14H13NO2/c1-2-13(16)12-7-8-17-14(12)11-5-3-10(9-15)4-6-11/h2-6,12,14H,1,7-8H2/t12-,14?/m1/s1. The second-order valence-corrected chi connectivity index (χ2v) is 4.03. The fourth-order valence-corrected chi connectivity index (χ4v) is 2.11. The van der Waals surface area contributed by atoms with Crippen LogP contribution in [0.5, 0.6) is 0 Å². The highest BCUT2D eigenvalue weighted by Gasteiger charge is 2.33. The van der Waals surface area contributed by atoms with Crippen molar-refractivity contribution in [2.75, 3.05) is 6.61 Å². The van der Waals surface area contributed by atoms with Crippen LogP contribution in [0.25, 0.3) is 0 Å². The van der Waals surface area contributed by atoms with Gasteiger partial charge in [0.1, 0.15) is 0 Å². The summed E-state index contributed by atoms with van der Waals surface area (Å²) in [5, 5.41) is 8.72. The summed E-state index contributed by atoms with van der Waals surface area (Å²) in [6.07, 6.45) is 1.89. The van der Waals surface area contributed by atoms with Crippen molar-refractivity contribution in [3.05, 3.63) is 48.0 Å². The molecule has 2 atom stereocenters. The number of ketones is 1. The number of carbonyl (C=O) groups is 1. The van der Waals surface area contributed by atoms with Crippen molar-refractivity contribution in [1.29, 1.82) is 5.26 Å². The Hall–Kier alpha value is -1.92. The van der Waals surface area contributed by atoms with Gasteiger partial charge in [0, 0.05) is 6.61 Å². The molecule has 1 aromatic rings. The predicted octanol–water partition coefficient (Wildman–Crippen LogP) is 2.39. The first-order chi connectivity index (χ1) is 8.26. The van der Waals surface area contributed by atoms with Crippen LogP contribution in [0.4, 0.5) is 0 Å². The van der Waals surface area contributed by atoms with Crippen molar-refractivity contribution < 1.29 is 9.53 Å². The van der Waals surface area contributed by atoms with Gasteiger partial charge < -0.3 is 4.74 Å². The van der Waals surface area contributed by atoms with Crippen molar-refractivity contribution >= 4 is 5.78 Å². The molecule has 1 heterocycles. The number of benzene rings is 1. The summed E-state index contributed by atoms with van der Waals surface area (Å²) in [4.78, 5) is 11.7. The Labute approximate surface area is 100 Å². The zero-order chi connectivity index (χ0) is 12.3. The average Bonchev–Trinajstić information content (AvgIpc) is 2.87. The van der Waals surface area contributed by atoms with Gasteiger partial charge in [0.2, 0.25) is 0 Å². The maximum absolute atomic E-state index is 11.7. The van der Waals surface area contributed by atoms with Crippen molar-refractivity contribution in [3.63, 3.8) is 0 Å². The van der Waals surface area contributed by atoms with Crippen LogP contribution < -0.4 is 0 Å². The van der Waals surface area contributed by atoms with Gasteiger partial charge in [0.05, 0.1) is 23.7 Å². The lowest BCUT2D eigenvalue weighted by atomic mass is 9.91. The Bertz CT molecular complexity index is 470. The van der Waals surface area contributed by atoms with Gasteiger partial charge in [-0.25, -0.2) is 0 Å². The van der Waals surface area contributed by atoms with Crippen LogP contribution in [-0.4, -0.2) is 12.4 Å². The quantitative estimate of drug-likeness (QED) is 0.745. The number of nitrogens with zero attached hydrogens (tertiary/aromatic N) is 1. The number of hydrogen-bond acceptors (Lipinski definition) is 3. The molecule has 0 aromatic heterocycles. The van der Waals surface area contributed by atoms with Crippen molar-refractivity contribution in [2.24, 2.45) is 5.92 Å². The Morgan fingerprint density at radius 3 is 2.76 bits per heavy atom. The minimum Gasteiger partial charge on any atom is -0.373 e. The highest BCUT2D eigenvalue weighted by Crippen LogP contribution is 2.35. The van der Waals surface area contributed by atoms with E-state index in [9.17, 15) is 4.79 Å². The first-order valence-corrected chi connectivity index (χ1v) is 5.54. The Morgan fingerprint density at radius 2 is 2.18 bits per heavy atom. The number of hydrogen-bond donors (Lipinski definition) is 0. The third-order valence-electron chi connectivity index (χ3n) is 3.03. The molecule has 17 heavy (non-hydrogen) atoms. The molecule has 0 bridgehead atoms. The lowest BCUT2D eigenvalue weighted by Crippen LogP contribution is -2.16. The minimum absolute atomic E-state index is 0.0249. The van der Waals surface area contributed by atoms with E-state index in [0.29, 0.717) is 12.2 Å². The summed E-state index contributed by atoms with van der Waals surface area (Å²) < 4.78 is 5.60. The van der Waals surface area contributed by atoms with Crippen LogP contribution in [0.15, 0.2) is 36.9 Å². The van der Waals surface area contributed by atoms with E-state index in [2.05, 4.69) is 12.6 Å². The molecule has 1 aliphatic heterocycles. The van der Waals surface area contributed by atoms with E-state index in [1.54, 1.807) is 12.1 Å². The lowest BCUT2D eigenvalue weighted by molar-refractivity contribution is -0.119. The average molecular weight is 227 g/mol. The summed E-state index contributed by atoms with van der Waals surface area (Å²) >= 11 is 0. The molecule has 3 heteroatoms. The molecule has 0 spiro atoms. The van der Waals surface area contributed by atoms with Crippen LogP contribution in [0.2, 0.25) is 0 Å². The van der Waals surface area contributed by atoms with Crippen LogP contribution >= 0.6 is 0 Å². The normalized spacial score (nSPS) is 23.0. The molecule has 1 fully saturated rings. The van der Waals surface area contributed by atoms with Gasteiger partial charge in [0.15, 0.2) is 5.78 Å². The fraction of sp³-hybridized carbons (Fsp3) is 0.286. The number of rotatable bonds is 3. The summed E-state index contributed by atoms with van der Waals surface area (Å²) in [6.45, 7) is 4.10. The summed E-state index contributed by atoms with van der Waals surface area (Å²) in [5.74, 6) is -0.114. The van der Waals surface area contributed by atoms with Crippen molar-refractivity contribution in [1.82, 2.24) is 0 Å². The SMILES string of the molecule is C=CC(=O)[C@H]1CCOC1c1ccc(C#N)cc1. The molecule has 86 valence electrons. The largest absolute Gasteiger partial charge is 0.373 e. The van der Waals surface area contributed by atoms with Gasteiger partial charge in [-0.1, -0.05) is 18.7 Å². The molecule has 0 amide bonds. The van der Waals surface area contributed by atoms with Crippen molar-refractivity contribution in [2.45, 2.75) is 12.5 Å². The zero-order valence-corrected chi connectivity index (χ0v) is 9.43.